The van der Waals surface area contributed by atoms with Gasteiger partial charge in [0.05, 0.1) is 12.1 Å². The van der Waals surface area contributed by atoms with E-state index in [0.29, 0.717) is 23.3 Å². The predicted octanol–water partition coefficient (Wildman–Crippen LogP) is 2.09. The van der Waals surface area contributed by atoms with Crippen LogP contribution in [0.3, 0.4) is 0 Å². The van der Waals surface area contributed by atoms with Crippen LogP contribution in [0.5, 0.6) is 0 Å². The van der Waals surface area contributed by atoms with Gasteiger partial charge in [0.1, 0.15) is 5.82 Å². The highest BCUT2D eigenvalue weighted by Crippen LogP contribution is 2.23. The van der Waals surface area contributed by atoms with E-state index in [1.807, 2.05) is 19.9 Å². The number of rotatable bonds is 6. The molecule has 2 N–H and O–H groups in total. The van der Waals surface area contributed by atoms with Crippen LogP contribution >= 0.6 is 0 Å². The van der Waals surface area contributed by atoms with Crippen molar-refractivity contribution in [3.63, 3.8) is 0 Å². The van der Waals surface area contributed by atoms with E-state index >= 15 is 0 Å². The molecular formula is C15H19N5O2. The Balaban J connectivity index is 1.54. The topological polar surface area (TPSA) is 92.9 Å². The van der Waals surface area contributed by atoms with Gasteiger partial charge in [-0.1, -0.05) is 19.0 Å². The van der Waals surface area contributed by atoms with Crippen molar-refractivity contribution in [2.24, 2.45) is 0 Å². The van der Waals surface area contributed by atoms with E-state index in [2.05, 4.69) is 25.8 Å². The first-order valence-corrected chi connectivity index (χ1v) is 7.45. The number of anilines is 1. The molecule has 2 aromatic rings. The average molecular weight is 301 g/mol. The van der Waals surface area contributed by atoms with Crippen molar-refractivity contribution in [3.8, 4) is 0 Å². The molecule has 1 aliphatic rings. The molecule has 1 aliphatic carbocycles. The Morgan fingerprint density at radius 3 is 2.82 bits per heavy atom. The van der Waals surface area contributed by atoms with Crippen molar-refractivity contribution in [1.82, 2.24) is 20.4 Å². The lowest BCUT2D eigenvalue weighted by molar-refractivity contribution is 0.0949. The van der Waals surface area contributed by atoms with Crippen molar-refractivity contribution in [1.29, 1.82) is 0 Å². The van der Waals surface area contributed by atoms with Crippen molar-refractivity contribution in [2.75, 3.05) is 5.32 Å². The highest BCUT2D eigenvalue weighted by molar-refractivity contribution is 5.93. The van der Waals surface area contributed by atoms with Crippen LogP contribution < -0.4 is 10.6 Å². The van der Waals surface area contributed by atoms with Gasteiger partial charge in [-0.05, 0) is 25.0 Å². The molecule has 0 radical (unpaired) electrons. The predicted molar refractivity (Wildman–Crippen MR) is 80.4 cm³/mol. The molecule has 116 valence electrons. The molecule has 2 aromatic heterocycles. The first-order valence-electron chi connectivity index (χ1n) is 7.45. The van der Waals surface area contributed by atoms with Gasteiger partial charge in [-0.25, -0.2) is 4.98 Å². The zero-order chi connectivity index (χ0) is 15.5. The second kappa shape index (κ2) is 6.13. The maximum absolute atomic E-state index is 12.0. The minimum atomic E-state index is -0.207. The largest absolute Gasteiger partial charge is 0.367 e. The molecule has 1 fully saturated rings. The number of aromatic nitrogens is 3. The van der Waals surface area contributed by atoms with Gasteiger partial charge in [-0.3, -0.25) is 4.79 Å². The van der Waals surface area contributed by atoms with Crippen molar-refractivity contribution in [3.05, 3.63) is 35.6 Å². The first-order chi connectivity index (χ1) is 10.6. The third-order valence-electron chi connectivity index (χ3n) is 3.34. The number of amides is 1. The third kappa shape index (κ3) is 3.60. The van der Waals surface area contributed by atoms with Crippen molar-refractivity contribution >= 4 is 11.7 Å². The highest BCUT2D eigenvalue weighted by atomic mass is 16.5. The van der Waals surface area contributed by atoms with Crippen LogP contribution in [0.1, 0.15) is 54.7 Å². The Kier molecular flexibility index (Phi) is 4.04. The van der Waals surface area contributed by atoms with Gasteiger partial charge in [0, 0.05) is 18.2 Å². The highest BCUT2D eigenvalue weighted by Gasteiger charge is 2.21. The maximum atomic E-state index is 12.0. The zero-order valence-electron chi connectivity index (χ0n) is 12.7. The molecule has 0 atom stereocenters. The second-order valence-electron chi connectivity index (χ2n) is 5.74. The van der Waals surface area contributed by atoms with Gasteiger partial charge < -0.3 is 15.2 Å². The smallest absolute Gasteiger partial charge is 0.253 e. The molecule has 0 unspecified atom stereocenters. The van der Waals surface area contributed by atoms with Crippen LogP contribution in [0.2, 0.25) is 0 Å². The number of carbonyl (C=O) groups is 1. The Morgan fingerprint density at radius 2 is 2.23 bits per heavy atom. The molecule has 0 spiro atoms. The summed E-state index contributed by atoms with van der Waals surface area (Å²) in [6, 6.07) is 4.11. The molecule has 3 rings (SSSR count). The van der Waals surface area contributed by atoms with Gasteiger partial charge in [-0.15, -0.1) is 0 Å². The lowest BCUT2D eigenvalue weighted by atomic mass is 10.2. The summed E-state index contributed by atoms with van der Waals surface area (Å²) in [4.78, 5) is 20.5. The van der Waals surface area contributed by atoms with Crippen LogP contribution in [-0.2, 0) is 6.54 Å². The summed E-state index contributed by atoms with van der Waals surface area (Å²) < 4.78 is 5.09. The summed E-state index contributed by atoms with van der Waals surface area (Å²) in [6.45, 7) is 4.18. The summed E-state index contributed by atoms with van der Waals surface area (Å²) in [5, 5.41) is 9.86. The second-order valence-corrected chi connectivity index (χ2v) is 5.74. The Labute approximate surface area is 128 Å². The van der Waals surface area contributed by atoms with Crippen LogP contribution in [0, 0.1) is 0 Å². The molecule has 22 heavy (non-hydrogen) atoms. The molecule has 0 bridgehead atoms. The van der Waals surface area contributed by atoms with Gasteiger partial charge in [-0.2, -0.15) is 4.98 Å². The van der Waals surface area contributed by atoms with Crippen LogP contribution in [0.15, 0.2) is 22.9 Å². The molecule has 7 heteroatoms. The number of pyridine rings is 1. The lowest BCUT2D eigenvalue weighted by Crippen LogP contribution is -2.23. The Bertz CT molecular complexity index is 646. The van der Waals surface area contributed by atoms with E-state index in [9.17, 15) is 4.79 Å². The van der Waals surface area contributed by atoms with E-state index in [0.717, 1.165) is 5.82 Å². The van der Waals surface area contributed by atoms with E-state index in [-0.39, 0.29) is 18.4 Å². The molecule has 7 nitrogen and oxygen atoms in total. The number of hydrogen-bond donors (Lipinski definition) is 2. The zero-order valence-corrected chi connectivity index (χ0v) is 12.7. The SMILES string of the molecule is CC(C)c1nc(CNC(=O)c2ccc(NC3CC3)nc2)no1. The van der Waals surface area contributed by atoms with Crippen molar-refractivity contribution < 1.29 is 9.32 Å². The molecule has 1 amide bonds. The van der Waals surface area contributed by atoms with E-state index in [4.69, 9.17) is 4.52 Å². The fraction of sp³-hybridized carbons (Fsp3) is 0.467. The number of hydrogen-bond acceptors (Lipinski definition) is 6. The summed E-state index contributed by atoms with van der Waals surface area (Å²) in [5.74, 6) is 1.81. The summed E-state index contributed by atoms with van der Waals surface area (Å²) in [6.07, 6.45) is 3.94. The molecule has 0 aliphatic heterocycles. The number of nitrogens with one attached hydrogen (secondary N) is 2. The van der Waals surface area contributed by atoms with Crippen LogP contribution in [0.4, 0.5) is 5.82 Å². The third-order valence-corrected chi connectivity index (χ3v) is 3.34. The molecule has 1 saturated carbocycles. The summed E-state index contributed by atoms with van der Waals surface area (Å²) in [5.41, 5.74) is 0.508. The lowest BCUT2D eigenvalue weighted by Gasteiger charge is -2.05. The first kappa shape index (κ1) is 14.5. The monoisotopic (exact) mass is 301 g/mol. The Hall–Kier alpha value is -2.44. The van der Waals surface area contributed by atoms with Crippen molar-refractivity contribution in [2.45, 2.75) is 45.2 Å². The molecule has 0 aromatic carbocycles. The average Bonchev–Trinajstić information content (AvgIpc) is 3.19. The van der Waals surface area contributed by atoms with Gasteiger partial charge in [0.15, 0.2) is 5.82 Å². The van der Waals surface area contributed by atoms with Crippen LogP contribution in [-0.4, -0.2) is 27.1 Å². The Morgan fingerprint density at radius 1 is 1.41 bits per heavy atom. The summed E-state index contributed by atoms with van der Waals surface area (Å²) in [7, 11) is 0. The number of nitrogens with zero attached hydrogens (tertiary/aromatic N) is 3. The van der Waals surface area contributed by atoms with E-state index in [1.165, 1.54) is 12.8 Å². The standard InChI is InChI=1S/C15H19N5O2/c1-9(2)15-19-13(20-22-15)8-17-14(21)10-3-6-12(16-7-10)18-11-4-5-11/h3,6-7,9,11H,4-5,8H2,1-2H3,(H,16,18)(H,17,21). The quantitative estimate of drug-likeness (QED) is 0.848. The fourth-order valence-electron chi connectivity index (χ4n) is 1.89. The molecule has 0 saturated heterocycles. The molecular weight excluding hydrogens is 282 g/mol. The fourth-order valence-corrected chi connectivity index (χ4v) is 1.89. The van der Waals surface area contributed by atoms with Gasteiger partial charge in [0.25, 0.3) is 5.91 Å². The van der Waals surface area contributed by atoms with E-state index in [1.54, 1.807) is 12.3 Å². The summed E-state index contributed by atoms with van der Waals surface area (Å²) >= 11 is 0. The number of carbonyl (C=O) groups excluding carboxylic acids is 1. The van der Waals surface area contributed by atoms with Gasteiger partial charge >= 0.3 is 0 Å². The maximum Gasteiger partial charge on any atom is 0.253 e. The minimum absolute atomic E-state index is 0.174. The molecule has 2 heterocycles. The van der Waals surface area contributed by atoms with Crippen LogP contribution in [0.25, 0.3) is 0 Å². The van der Waals surface area contributed by atoms with E-state index < -0.39 is 0 Å². The van der Waals surface area contributed by atoms with Gasteiger partial charge in [0.2, 0.25) is 5.89 Å². The normalized spacial score (nSPS) is 14.1. The minimum Gasteiger partial charge on any atom is -0.367 e.